The summed E-state index contributed by atoms with van der Waals surface area (Å²) < 4.78 is 6.71. The van der Waals surface area contributed by atoms with Crippen molar-refractivity contribution in [3.8, 4) is 0 Å². The Morgan fingerprint density at radius 3 is 3.00 bits per heavy atom. The van der Waals surface area contributed by atoms with E-state index >= 15 is 0 Å². The Labute approximate surface area is 106 Å². The lowest BCUT2D eigenvalue weighted by molar-refractivity contribution is 0.0855. The van der Waals surface area contributed by atoms with Crippen LogP contribution < -0.4 is 5.32 Å². The highest BCUT2D eigenvalue weighted by atomic mass is 32.1. The van der Waals surface area contributed by atoms with Crippen LogP contribution in [-0.4, -0.2) is 24.2 Å². The van der Waals surface area contributed by atoms with Crippen molar-refractivity contribution >= 4 is 26.7 Å². The Hall–Kier alpha value is -1.13. The minimum absolute atomic E-state index is 0.216. The van der Waals surface area contributed by atoms with Gasteiger partial charge in [0.25, 0.3) is 0 Å². The molecule has 1 heterocycles. The second-order valence-corrected chi connectivity index (χ2v) is 5.12. The molecule has 0 fully saturated rings. The van der Waals surface area contributed by atoms with Gasteiger partial charge in [-0.05, 0) is 32.4 Å². The first-order chi connectivity index (χ1) is 8.20. The molecule has 1 N–H and O–H groups in total. The first-order valence-electron chi connectivity index (χ1n) is 5.92. The first kappa shape index (κ1) is 12.3. The average Bonchev–Trinajstić information content (AvgIpc) is 2.71. The van der Waals surface area contributed by atoms with Gasteiger partial charge in [-0.25, -0.2) is 4.98 Å². The normalized spacial score (nSPS) is 12.9. The molecule has 1 unspecified atom stereocenters. The minimum Gasteiger partial charge on any atom is -0.377 e. The third-order valence-electron chi connectivity index (χ3n) is 2.61. The molecule has 0 aliphatic carbocycles. The fourth-order valence-electron chi connectivity index (χ4n) is 1.74. The quantitative estimate of drug-likeness (QED) is 0.882. The molecule has 0 radical (unpaired) electrons. The number of nitrogens with zero attached hydrogens (tertiary/aromatic N) is 1. The van der Waals surface area contributed by atoms with E-state index in [1.165, 1.54) is 10.3 Å². The maximum Gasteiger partial charge on any atom is 0.183 e. The largest absolute Gasteiger partial charge is 0.377 e. The van der Waals surface area contributed by atoms with Crippen LogP contribution in [0.5, 0.6) is 0 Å². The number of anilines is 1. The Morgan fingerprint density at radius 2 is 2.29 bits per heavy atom. The van der Waals surface area contributed by atoms with Crippen molar-refractivity contribution in [2.45, 2.75) is 26.9 Å². The van der Waals surface area contributed by atoms with Crippen molar-refractivity contribution in [1.29, 1.82) is 0 Å². The summed E-state index contributed by atoms with van der Waals surface area (Å²) in [5.74, 6) is 0. The standard InChI is InChI=1S/C13H18N2OS/c1-4-16-10(3)8-14-13-15-12-9(2)6-5-7-11(12)17-13/h5-7,10H,4,8H2,1-3H3,(H,14,15). The van der Waals surface area contributed by atoms with Crippen molar-refractivity contribution in [2.24, 2.45) is 0 Å². The predicted octanol–water partition coefficient (Wildman–Crippen LogP) is 3.44. The molecule has 0 aliphatic heterocycles. The number of ether oxygens (including phenoxy) is 1. The van der Waals surface area contributed by atoms with Crippen LogP contribution in [0, 0.1) is 6.92 Å². The van der Waals surface area contributed by atoms with Crippen LogP contribution >= 0.6 is 11.3 Å². The molecule has 92 valence electrons. The van der Waals surface area contributed by atoms with Crippen LogP contribution in [0.3, 0.4) is 0 Å². The van der Waals surface area contributed by atoms with Crippen molar-refractivity contribution in [3.63, 3.8) is 0 Å². The zero-order valence-corrected chi connectivity index (χ0v) is 11.3. The number of thiazole rings is 1. The first-order valence-corrected chi connectivity index (χ1v) is 6.74. The van der Waals surface area contributed by atoms with E-state index in [0.717, 1.165) is 23.8 Å². The molecule has 2 rings (SSSR count). The number of aromatic nitrogens is 1. The maximum absolute atomic E-state index is 5.48. The molecule has 0 bridgehead atoms. The van der Waals surface area contributed by atoms with Crippen LogP contribution in [0.1, 0.15) is 19.4 Å². The summed E-state index contributed by atoms with van der Waals surface area (Å²) in [4.78, 5) is 4.60. The SMILES string of the molecule is CCOC(C)CNc1nc2c(C)cccc2s1. The number of fused-ring (bicyclic) bond motifs is 1. The van der Waals surface area contributed by atoms with E-state index in [2.05, 4.69) is 42.3 Å². The second kappa shape index (κ2) is 5.47. The lowest BCUT2D eigenvalue weighted by Gasteiger charge is -2.11. The molecule has 0 saturated carbocycles. The molecule has 1 aromatic carbocycles. The molecule has 1 aromatic heterocycles. The summed E-state index contributed by atoms with van der Waals surface area (Å²) in [5, 5.41) is 4.30. The van der Waals surface area contributed by atoms with Crippen molar-refractivity contribution in [3.05, 3.63) is 23.8 Å². The number of benzene rings is 1. The molecular weight excluding hydrogens is 232 g/mol. The van der Waals surface area contributed by atoms with E-state index < -0.39 is 0 Å². The Bertz CT molecular complexity index is 495. The van der Waals surface area contributed by atoms with Gasteiger partial charge in [0.05, 0.1) is 16.3 Å². The van der Waals surface area contributed by atoms with Crippen molar-refractivity contribution in [1.82, 2.24) is 4.98 Å². The van der Waals surface area contributed by atoms with Gasteiger partial charge in [0.2, 0.25) is 0 Å². The van der Waals surface area contributed by atoms with Gasteiger partial charge in [-0.2, -0.15) is 0 Å². The van der Waals surface area contributed by atoms with Gasteiger partial charge in [-0.3, -0.25) is 0 Å². The number of hydrogen-bond acceptors (Lipinski definition) is 4. The fourth-order valence-corrected chi connectivity index (χ4v) is 2.69. The molecular formula is C13H18N2OS. The molecule has 0 amide bonds. The zero-order valence-electron chi connectivity index (χ0n) is 10.5. The average molecular weight is 250 g/mol. The summed E-state index contributed by atoms with van der Waals surface area (Å²) in [7, 11) is 0. The summed E-state index contributed by atoms with van der Waals surface area (Å²) in [6.45, 7) is 7.72. The Kier molecular flexibility index (Phi) is 3.97. The lowest BCUT2D eigenvalue weighted by Crippen LogP contribution is -2.19. The number of hydrogen-bond donors (Lipinski definition) is 1. The third kappa shape index (κ3) is 2.96. The van der Waals surface area contributed by atoms with E-state index in [1.807, 2.05) is 6.92 Å². The van der Waals surface area contributed by atoms with Crippen LogP contribution in [0.15, 0.2) is 18.2 Å². The number of nitrogens with one attached hydrogen (secondary N) is 1. The highest BCUT2D eigenvalue weighted by molar-refractivity contribution is 7.22. The van der Waals surface area contributed by atoms with E-state index in [1.54, 1.807) is 11.3 Å². The summed E-state index contributed by atoms with van der Waals surface area (Å²) in [5.41, 5.74) is 2.33. The second-order valence-electron chi connectivity index (χ2n) is 4.09. The highest BCUT2D eigenvalue weighted by Crippen LogP contribution is 2.27. The molecule has 17 heavy (non-hydrogen) atoms. The number of rotatable bonds is 5. The predicted molar refractivity (Wildman–Crippen MR) is 73.9 cm³/mol. The van der Waals surface area contributed by atoms with Gasteiger partial charge in [0.1, 0.15) is 0 Å². The van der Waals surface area contributed by atoms with Crippen molar-refractivity contribution < 1.29 is 4.74 Å². The molecule has 3 nitrogen and oxygen atoms in total. The van der Waals surface area contributed by atoms with Crippen LogP contribution in [0.4, 0.5) is 5.13 Å². The van der Waals surface area contributed by atoms with E-state index in [-0.39, 0.29) is 6.10 Å². The van der Waals surface area contributed by atoms with Crippen LogP contribution in [0.25, 0.3) is 10.2 Å². The summed E-state index contributed by atoms with van der Waals surface area (Å²) in [6, 6.07) is 6.27. The Balaban J connectivity index is 2.07. The monoisotopic (exact) mass is 250 g/mol. The number of para-hydroxylation sites is 1. The van der Waals surface area contributed by atoms with Gasteiger partial charge >= 0.3 is 0 Å². The minimum atomic E-state index is 0.216. The Morgan fingerprint density at radius 1 is 1.47 bits per heavy atom. The van der Waals surface area contributed by atoms with E-state index in [0.29, 0.717) is 0 Å². The van der Waals surface area contributed by atoms with Gasteiger partial charge in [0.15, 0.2) is 5.13 Å². The van der Waals surface area contributed by atoms with Gasteiger partial charge < -0.3 is 10.1 Å². The van der Waals surface area contributed by atoms with Gasteiger partial charge in [-0.1, -0.05) is 23.5 Å². The molecule has 4 heteroatoms. The zero-order chi connectivity index (χ0) is 12.3. The van der Waals surface area contributed by atoms with Crippen LogP contribution in [0.2, 0.25) is 0 Å². The molecule has 0 aliphatic rings. The smallest absolute Gasteiger partial charge is 0.183 e. The number of aryl methyl sites for hydroxylation is 1. The fraction of sp³-hybridized carbons (Fsp3) is 0.462. The summed E-state index contributed by atoms with van der Waals surface area (Å²) >= 11 is 1.69. The third-order valence-corrected chi connectivity index (χ3v) is 3.59. The van der Waals surface area contributed by atoms with Crippen molar-refractivity contribution in [2.75, 3.05) is 18.5 Å². The lowest BCUT2D eigenvalue weighted by atomic mass is 10.2. The molecule has 1 atom stereocenters. The molecule has 0 spiro atoms. The topological polar surface area (TPSA) is 34.1 Å². The molecule has 0 saturated heterocycles. The van der Waals surface area contributed by atoms with E-state index in [4.69, 9.17) is 4.74 Å². The van der Waals surface area contributed by atoms with Gasteiger partial charge in [-0.15, -0.1) is 0 Å². The molecule has 2 aromatic rings. The van der Waals surface area contributed by atoms with E-state index in [9.17, 15) is 0 Å². The van der Waals surface area contributed by atoms with Crippen LogP contribution in [-0.2, 0) is 4.74 Å². The highest BCUT2D eigenvalue weighted by Gasteiger charge is 2.06. The maximum atomic E-state index is 5.48. The van der Waals surface area contributed by atoms with Gasteiger partial charge in [0, 0.05) is 13.2 Å². The summed E-state index contributed by atoms with van der Waals surface area (Å²) in [6.07, 6.45) is 0.216.